The number of Topliss-reactive ketones (excluding diaryl/α,β-unsaturated/α-hetero) is 1. The normalized spacial score (nSPS) is 16.3. The largest absolute Gasteiger partial charge is 0.297 e. The molecule has 0 atom stereocenters. The van der Waals surface area contributed by atoms with Gasteiger partial charge in [0.2, 0.25) is 0 Å². The van der Waals surface area contributed by atoms with E-state index in [0.29, 0.717) is 0 Å². The molecule has 0 N–H and O–H groups in total. The standard InChI is InChI=1S/C21H28N2OS/c1-15-12-16(2)21(18(4)24)17(3)20(15)14-23-9-7-22(8-10-23)13-19-6-5-11-25-19/h5-6,11-12H,7-10,13-14H2,1-4H3. The van der Waals surface area contributed by atoms with Gasteiger partial charge in [-0.15, -0.1) is 11.3 Å². The van der Waals surface area contributed by atoms with Crippen molar-refractivity contribution in [1.82, 2.24) is 9.80 Å². The molecule has 1 aromatic heterocycles. The van der Waals surface area contributed by atoms with Crippen molar-refractivity contribution in [3.8, 4) is 0 Å². The number of carbonyl (C=O) groups is 1. The maximum Gasteiger partial charge on any atom is 0.160 e. The molecule has 1 aliphatic heterocycles. The van der Waals surface area contributed by atoms with Crippen LogP contribution in [0.25, 0.3) is 0 Å². The van der Waals surface area contributed by atoms with Gasteiger partial charge >= 0.3 is 0 Å². The van der Waals surface area contributed by atoms with Crippen LogP contribution in [0.1, 0.15) is 44.4 Å². The van der Waals surface area contributed by atoms with Gasteiger partial charge in [-0.1, -0.05) is 12.1 Å². The van der Waals surface area contributed by atoms with E-state index in [2.05, 4.69) is 47.2 Å². The number of nitrogens with zero attached hydrogens (tertiary/aromatic N) is 2. The molecule has 3 rings (SSSR count). The van der Waals surface area contributed by atoms with Crippen LogP contribution >= 0.6 is 11.3 Å². The molecule has 2 aromatic rings. The van der Waals surface area contributed by atoms with E-state index in [1.54, 1.807) is 6.92 Å². The van der Waals surface area contributed by atoms with Gasteiger partial charge in [0.1, 0.15) is 0 Å². The fraction of sp³-hybridized carbons (Fsp3) is 0.476. The molecule has 0 spiro atoms. The lowest BCUT2D eigenvalue weighted by Crippen LogP contribution is -2.45. The highest BCUT2D eigenvalue weighted by Gasteiger charge is 2.20. The summed E-state index contributed by atoms with van der Waals surface area (Å²) in [7, 11) is 0. The SMILES string of the molecule is CC(=O)c1c(C)cc(C)c(CN2CCN(Cc3cccs3)CC2)c1C. The summed E-state index contributed by atoms with van der Waals surface area (Å²) in [6, 6.07) is 6.53. The van der Waals surface area contributed by atoms with Gasteiger partial charge in [0, 0.05) is 49.7 Å². The number of ketones is 1. The Hall–Kier alpha value is -1.49. The Morgan fingerprint density at radius 2 is 1.68 bits per heavy atom. The lowest BCUT2D eigenvalue weighted by atomic mass is 9.91. The Balaban J connectivity index is 1.66. The van der Waals surface area contributed by atoms with Crippen LogP contribution in [-0.2, 0) is 13.1 Å². The Morgan fingerprint density at radius 3 is 2.24 bits per heavy atom. The second-order valence-corrected chi connectivity index (χ2v) is 8.21. The van der Waals surface area contributed by atoms with Gasteiger partial charge in [-0.25, -0.2) is 0 Å². The van der Waals surface area contributed by atoms with E-state index in [1.807, 2.05) is 18.3 Å². The average molecular weight is 357 g/mol. The van der Waals surface area contributed by atoms with Gasteiger partial charge in [-0.3, -0.25) is 14.6 Å². The van der Waals surface area contributed by atoms with Crippen molar-refractivity contribution in [3.05, 3.63) is 56.3 Å². The van der Waals surface area contributed by atoms with E-state index in [4.69, 9.17) is 0 Å². The first-order valence-corrected chi connectivity index (χ1v) is 9.91. The Labute approximate surface area is 155 Å². The van der Waals surface area contributed by atoms with Crippen molar-refractivity contribution in [2.45, 2.75) is 40.8 Å². The van der Waals surface area contributed by atoms with Crippen molar-refractivity contribution in [2.24, 2.45) is 0 Å². The van der Waals surface area contributed by atoms with Crippen LogP contribution in [0.5, 0.6) is 0 Å². The molecule has 4 heteroatoms. The number of piperazine rings is 1. The van der Waals surface area contributed by atoms with Crippen LogP contribution in [0.4, 0.5) is 0 Å². The average Bonchev–Trinajstić information content (AvgIpc) is 3.05. The molecule has 0 amide bonds. The Kier molecular flexibility index (Phi) is 5.72. The second kappa shape index (κ2) is 7.81. The lowest BCUT2D eigenvalue weighted by Gasteiger charge is -2.35. The number of carbonyl (C=O) groups excluding carboxylic acids is 1. The molecule has 2 heterocycles. The molecule has 0 bridgehead atoms. The summed E-state index contributed by atoms with van der Waals surface area (Å²) in [5.74, 6) is 0.178. The number of hydrogen-bond acceptors (Lipinski definition) is 4. The van der Waals surface area contributed by atoms with E-state index in [1.165, 1.54) is 21.6 Å². The van der Waals surface area contributed by atoms with Gasteiger partial charge < -0.3 is 0 Å². The van der Waals surface area contributed by atoms with Crippen LogP contribution in [-0.4, -0.2) is 41.8 Å². The molecule has 0 aliphatic carbocycles. The Bertz CT molecular complexity index is 744. The summed E-state index contributed by atoms with van der Waals surface area (Å²) < 4.78 is 0. The monoisotopic (exact) mass is 356 g/mol. The van der Waals surface area contributed by atoms with Gasteiger partial charge in [0.15, 0.2) is 5.78 Å². The summed E-state index contributed by atoms with van der Waals surface area (Å²) in [6.07, 6.45) is 0. The zero-order valence-corrected chi connectivity index (χ0v) is 16.6. The summed E-state index contributed by atoms with van der Waals surface area (Å²) in [6.45, 7) is 14.4. The molecule has 0 saturated carbocycles. The minimum absolute atomic E-state index is 0.178. The first kappa shape index (κ1) is 18.3. The van der Waals surface area contributed by atoms with Crippen LogP contribution in [0, 0.1) is 20.8 Å². The molecular weight excluding hydrogens is 328 g/mol. The predicted molar refractivity (Wildman–Crippen MR) is 106 cm³/mol. The van der Waals surface area contributed by atoms with Crippen LogP contribution in [0.2, 0.25) is 0 Å². The number of rotatable bonds is 5. The molecule has 0 unspecified atom stereocenters. The number of hydrogen-bond donors (Lipinski definition) is 0. The van der Waals surface area contributed by atoms with Gasteiger partial charge in [0.05, 0.1) is 0 Å². The minimum atomic E-state index is 0.178. The van der Waals surface area contributed by atoms with Crippen LogP contribution in [0.15, 0.2) is 23.6 Å². The topological polar surface area (TPSA) is 23.6 Å². The Morgan fingerprint density at radius 1 is 1.04 bits per heavy atom. The first-order chi connectivity index (χ1) is 12.0. The maximum absolute atomic E-state index is 12.0. The molecule has 1 aliphatic rings. The molecule has 134 valence electrons. The van der Waals surface area contributed by atoms with E-state index in [9.17, 15) is 4.79 Å². The minimum Gasteiger partial charge on any atom is -0.297 e. The highest BCUT2D eigenvalue weighted by Crippen LogP contribution is 2.25. The quantitative estimate of drug-likeness (QED) is 0.751. The van der Waals surface area contributed by atoms with E-state index >= 15 is 0 Å². The molecule has 1 aromatic carbocycles. The van der Waals surface area contributed by atoms with Crippen molar-refractivity contribution in [3.63, 3.8) is 0 Å². The third kappa shape index (κ3) is 4.20. The molecule has 25 heavy (non-hydrogen) atoms. The van der Waals surface area contributed by atoms with E-state index < -0.39 is 0 Å². The molecular formula is C21H28N2OS. The molecule has 1 saturated heterocycles. The lowest BCUT2D eigenvalue weighted by molar-refractivity contribution is 0.101. The molecule has 0 radical (unpaired) electrons. The van der Waals surface area contributed by atoms with E-state index in [0.717, 1.165) is 50.4 Å². The van der Waals surface area contributed by atoms with Crippen LogP contribution < -0.4 is 0 Å². The third-order valence-electron chi connectivity index (χ3n) is 5.29. The van der Waals surface area contributed by atoms with Crippen molar-refractivity contribution in [1.29, 1.82) is 0 Å². The highest BCUT2D eigenvalue weighted by atomic mass is 32.1. The number of thiophene rings is 1. The van der Waals surface area contributed by atoms with Gasteiger partial charge in [0.25, 0.3) is 0 Å². The third-order valence-corrected chi connectivity index (χ3v) is 6.15. The van der Waals surface area contributed by atoms with Gasteiger partial charge in [-0.2, -0.15) is 0 Å². The zero-order chi connectivity index (χ0) is 18.0. The summed E-state index contributed by atoms with van der Waals surface area (Å²) in [5, 5.41) is 2.15. The van der Waals surface area contributed by atoms with Crippen molar-refractivity contribution >= 4 is 17.1 Å². The van der Waals surface area contributed by atoms with Crippen LogP contribution in [0.3, 0.4) is 0 Å². The van der Waals surface area contributed by atoms with Crippen molar-refractivity contribution < 1.29 is 4.79 Å². The summed E-state index contributed by atoms with van der Waals surface area (Å²) in [5.41, 5.74) is 5.83. The number of aryl methyl sites for hydroxylation is 2. The second-order valence-electron chi connectivity index (χ2n) is 7.18. The highest BCUT2D eigenvalue weighted by molar-refractivity contribution is 7.09. The zero-order valence-electron chi connectivity index (χ0n) is 15.8. The number of benzene rings is 1. The fourth-order valence-corrected chi connectivity index (χ4v) is 4.71. The molecule has 1 fully saturated rings. The van der Waals surface area contributed by atoms with Gasteiger partial charge in [-0.05, 0) is 61.4 Å². The molecule has 3 nitrogen and oxygen atoms in total. The predicted octanol–water partition coefficient (Wildman–Crippen LogP) is 4.19. The summed E-state index contributed by atoms with van der Waals surface area (Å²) >= 11 is 1.84. The fourth-order valence-electron chi connectivity index (χ4n) is 3.96. The smallest absolute Gasteiger partial charge is 0.160 e. The summed E-state index contributed by atoms with van der Waals surface area (Å²) in [4.78, 5) is 18.5. The maximum atomic E-state index is 12.0. The van der Waals surface area contributed by atoms with Crippen molar-refractivity contribution in [2.75, 3.05) is 26.2 Å². The van der Waals surface area contributed by atoms with E-state index in [-0.39, 0.29) is 5.78 Å². The first-order valence-electron chi connectivity index (χ1n) is 9.03.